The van der Waals surface area contributed by atoms with E-state index in [0.29, 0.717) is 12.0 Å². The van der Waals surface area contributed by atoms with Crippen molar-refractivity contribution in [2.24, 2.45) is 5.92 Å². The van der Waals surface area contributed by atoms with Crippen LogP contribution in [0.5, 0.6) is 11.5 Å². The Morgan fingerprint density at radius 1 is 1.30 bits per heavy atom. The first-order chi connectivity index (χ1) is 12.7. The van der Waals surface area contributed by atoms with E-state index in [4.69, 9.17) is 28.7 Å². The third kappa shape index (κ3) is 2.90. The lowest BCUT2D eigenvalue weighted by Gasteiger charge is -2.58. The summed E-state index contributed by atoms with van der Waals surface area (Å²) in [6, 6.07) is 4.83. The number of nitrogens with zero attached hydrogens (tertiary/aromatic N) is 1. The van der Waals surface area contributed by atoms with Crippen molar-refractivity contribution in [3.05, 3.63) is 23.3 Å². The predicted octanol–water partition coefficient (Wildman–Crippen LogP) is 0.796. The van der Waals surface area contributed by atoms with Crippen molar-refractivity contribution >= 4 is 7.82 Å². The van der Waals surface area contributed by atoms with Crippen LogP contribution in [0.4, 0.5) is 0 Å². The number of methoxy groups -OCH3 is 1. The van der Waals surface area contributed by atoms with E-state index in [1.165, 1.54) is 11.1 Å². The number of aliphatic hydroxyl groups excluding tert-OH is 1. The average molecular weight is 399 g/mol. The second kappa shape index (κ2) is 6.44. The minimum Gasteiger partial charge on any atom is -0.493 e. The van der Waals surface area contributed by atoms with Crippen LogP contribution in [0.1, 0.15) is 30.4 Å². The van der Waals surface area contributed by atoms with Crippen LogP contribution in [-0.2, 0) is 16.4 Å². The number of likely N-dealkylation sites (N-methyl/N-ethyl adjacent to an activating group) is 1. The molecule has 2 aliphatic carbocycles. The Kier molecular flexibility index (Phi) is 4.57. The van der Waals surface area contributed by atoms with E-state index < -0.39 is 7.82 Å². The van der Waals surface area contributed by atoms with Gasteiger partial charge < -0.3 is 34.2 Å². The fourth-order valence-electron chi connectivity index (χ4n) is 5.86. The summed E-state index contributed by atoms with van der Waals surface area (Å²) in [7, 11) is -0.682. The molecule has 2 heterocycles. The highest BCUT2D eigenvalue weighted by atomic mass is 31.2. The van der Waals surface area contributed by atoms with Gasteiger partial charge in [-0.3, -0.25) is 0 Å². The van der Waals surface area contributed by atoms with Gasteiger partial charge in [0.2, 0.25) is 0 Å². The Morgan fingerprint density at radius 3 is 2.67 bits per heavy atom. The van der Waals surface area contributed by atoms with Gasteiger partial charge >= 0.3 is 7.82 Å². The second-order valence-electron chi connectivity index (χ2n) is 7.98. The molecule has 1 saturated heterocycles. The summed E-state index contributed by atoms with van der Waals surface area (Å²) in [6.45, 7) is 1.09. The summed E-state index contributed by atoms with van der Waals surface area (Å²) in [4.78, 5) is 24.1. The van der Waals surface area contributed by atoms with Crippen LogP contribution in [-0.4, -0.2) is 63.6 Å². The summed E-state index contributed by atoms with van der Waals surface area (Å²) in [6.07, 6.45) is 3.69. The molecule has 2 aliphatic heterocycles. The number of likely N-dealkylation sites (tertiary alicyclic amines) is 1. The van der Waals surface area contributed by atoms with Crippen LogP contribution < -0.4 is 9.47 Å². The molecule has 150 valence electrons. The quantitative estimate of drug-likeness (QED) is 0.512. The summed E-state index contributed by atoms with van der Waals surface area (Å²) in [5.74, 6) is 2.34. The molecule has 4 aliphatic rings. The monoisotopic (exact) mass is 399 g/mol. The van der Waals surface area contributed by atoms with E-state index in [1.807, 2.05) is 6.07 Å². The van der Waals surface area contributed by atoms with E-state index in [-0.39, 0.29) is 17.6 Å². The molecule has 9 heteroatoms. The minimum atomic E-state index is -4.64. The number of rotatable bonds is 1. The van der Waals surface area contributed by atoms with Gasteiger partial charge in [-0.15, -0.1) is 0 Å². The summed E-state index contributed by atoms with van der Waals surface area (Å²) < 4.78 is 20.8. The van der Waals surface area contributed by atoms with E-state index in [1.54, 1.807) is 7.11 Å². The molecule has 1 aromatic rings. The Hall–Kier alpha value is -1.15. The van der Waals surface area contributed by atoms with Gasteiger partial charge in [-0.1, -0.05) is 6.07 Å². The minimum absolute atomic E-state index is 0.00625. The fourth-order valence-corrected chi connectivity index (χ4v) is 5.86. The van der Waals surface area contributed by atoms with Crippen molar-refractivity contribution in [1.29, 1.82) is 0 Å². The molecule has 0 aromatic heterocycles. The zero-order valence-corrected chi connectivity index (χ0v) is 16.3. The molecular weight excluding hydrogens is 373 g/mol. The second-order valence-corrected chi connectivity index (χ2v) is 9.00. The van der Waals surface area contributed by atoms with Gasteiger partial charge in [0.15, 0.2) is 11.5 Å². The van der Waals surface area contributed by atoms with Gasteiger partial charge in [0, 0.05) is 17.0 Å². The molecule has 1 saturated carbocycles. The van der Waals surface area contributed by atoms with Gasteiger partial charge in [-0.05, 0) is 56.8 Å². The van der Waals surface area contributed by atoms with E-state index in [0.717, 1.165) is 43.7 Å². The molecule has 8 nitrogen and oxygen atoms in total. The van der Waals surface area contributed by atoms with Crippen molar-refractivity contribution < 1.29 is 33.8 Å². The Balaban J connectivity index is 0.000000323. The SMILES string of the molecule is COc1ccc2c3c1OC1C(O)CCC4C(C2)N(C)CCC341.O=P(O)(O)O. The lowest BCUT2D eigenvalue weighted by Crippen LogP contribution is -2.66. The van der Waals surface area contributed by atoms with E-state index in [2.05, 4.69) is 18.0 Å². The summed E-state index contributed by atoms with van der Waals surface area (Å²) >= 11 is 0. The maximum atomic E-state index is 10.6. The molecule has 2 bridgehead atoms. The van der Waals surface area contributed by atoms with Crippen molar-refractivity contribution in [1.82, 2.24) is 4.90 Å². The van der Waals surface area contributed by atoms with Gasteiger partial charge in [-0.2, -0.15) is 0 Å². The molecule has 5 unspecified atom stereocenters. The van der Waals surface area contributed by atoms with Crippen molar-refractivity contribution in [3.63, 3.8) is 0 Å². The first-order valence-corrected chi connectivity index (χ1v) is 10.8. The van der Waals surface area contributed by atoms with E-state index >= 15 is 0 Å². The lowest BCUT2D eigenvalue weighted by atomic mass is 9.51. The van der Waals surface area contributed by atoms with Crippen LogP contribution in [0.2, 0.25) is 0 Å². The number of hydrogen-bond donors (Lipinski definition) is 4. The normalized spacial score (nSPS) is 36.2. The van der Waals surface area contributed by atoms with Crippen LogP contribution in [0.3, 0.4) is 0 Å². The number of phosphoric acid groups is 1. The molecular formula is C18H26NO7P. The number of piperidine rings is 1. The fraction of sp³-hybridized carbons (Fsp3) is 0.667. The smallest absolute Gasteiger partial charge is 0.466 e. The third-order valence-corrected chi connectivity index (χ3v) is 6.77. The molecule has 2 fully saturated rings. The first kappa shape index (κ1) is 19.2. The van der Waals surface area contributed by atoms with Crippen molar-refractivity contribution in [2.75, 3.05) is 20.7 Å². The Morgan fingerprint density at radius 2 is 2.00 bits per heavy atom. The van der Waals surface area contributed by atoms with Crippen LogP contribution in [0.15, 0.2) is 12.1 Å². The Labute approximate surface area is 158 Å². The molecule has 1 aromatic carbocycles. The van der Waals surface area contributed by atoms with Gasteiger partial charge in [-0.25, -0.2) is 4.57 Å². The Bertz CT molecular complexity index is 788. The molecule has 5 rings (SSSR count). The molecule has 4 N–H and O–H groups in total. The van der Waals surface area contributed by atoms with Crippen molar-refractivity contribution in [3.8, 4) is 11.5 Å². The highest BCUT2D eigenvalue weighted by molar-refractivity contribution is 7.45. The first-order valence-electron chi connectivity index (χ1n) is 9.20. The van der Waals surface area contributed by atoms with Crippen LogP contribution >= 0.6 is 7.82 Å². The number of benzene rings is 1. The van der Waals surface area contributed by atoms with Gasteiger partial charge in [0.1, 0.15) is 6.10 Å². The van der Waals surface area contributed by atoms with Crippen molar-refractivity contribution in [2.45, 2.75) is 49.3 Å². The lowest BCUT2D eigenvalue weighted by molar-refractivity contribution is -0.0993. The molecule has 5 atom stereocenters. The topological polar surface area (TPSA) is 120 Å². The summed E-state index contributed by atoms with van der Waals surface area (Å²) in [5.41, 5.74) is 2.77. The number of hydrogen-bond acceptors (Lipinski definition) is 5. The van der Waals surface area contributed by atoms with Crippen LogP contribution in [0, 0.1) is 5.92 Å². The average Bonchev–Trinajstić information content (AvgIpc) is 2.93. The highest BCUT2D eigenvalue weighted by Crippen LogP contribution is 2.63. The zero-order valence-electron chi connectivity index (χ0n) is 15.4. The van der Waals surface area contributed by atoms with Gasteiger partial charge in [0.25, 0.3) is 0 Å². The number of ether oxygens (including phenoxy) is 2. The predicted molar refractivity (Wildman–Crippen MR) is 96.8 cm³/mol. The maximum Gasteiger partial charge on any atom is 0.466 e. The van der Waals surface area contributed by atoms with Gasteiger partial charge in [0.05, 0.1) is 13.2 Å². The molecule has 0 radical (unpaired) electrons. The van der Waals surface area contributed by atoms with Crippen LogP contribution in [0.25, 0.3) is 0 Å². The third-order valence-electron chi connectivity index (χ3n) is 6.77. The molecule has 0 amide bonds. The van der Waals surface area contributed by atoms with E-state index in [9.17, 15) is 5.11 Å². The molecule has 1 spiro atoms. The standard InChI is InChI=1S/C18H23NO3.H3O4P/c1-19-8-7-18-11-4-5-13(20)17(18)22-16-14(21-2)6-3-10(15(16)18)9-12(11)19;1-5(2,3)4/h3,6,11-13,17,20H,4-5,7-9H2,1-2H3;(H3,1,2,3,4). The number of aliphatic hydroxyl groups is 1. The highest BCUT2D eigenvalue weighted by Gasteiger charge is 2.65. The largest absolute Gasteiger partial charge is 0.493 e. The summed E-state index contributed by atoms with van der Waals surface area (Å²) in [5, 5.41) is 10.6. The maximum absolute atomic E-state index is 10.6. The zero-order chi connectivity index (χ0) is 19.6. The molecule has 27 heavy (non-hydrogen) atoms.